The van der Waals surface area contributed by atoms with Gasteiger partial charge in [0.1, 0.15) is 5.84 Å². The summed E-state index contributed by atoms with van der Waals surface area (Å²) in [5, 5.41) is 0. The van der Waals surface area contributed by atoms with Gasteiger partial charge in [0.2, 0.25) is 0 Å². The van der Waals surface area contributed by atoms with Gasteiger partial charge in [-0.3, -0.25) is 4.98 Å². The van der Waals surface area contributed by atoms with E-state index in [2.05, 4.69) is 21.7 Å². The fraction of sp³-hybridized carbons (Fsp3) is 0.182. The van der Waals surface area contributed by atoms with Gasteiger partial charge in [-0.2, -0.15) is 0 Å². The van der Waals surface area contributed by atoms with Crippen LogP contribution in [-0.4, -0.2) is 17.5 Å². The van der Waals surface area contributed by atoms with Crippen molar-refractivity contribution >= 4 is 18.1 Å². The van der Waals surface area contributed by atoms with Crippen molar-refractivity contribution in [2.45, 2.75) is 13.8 Å². The number of amidine groups is 1. The van der Waals surface area contributed by atoms with E-state index in [-0.39, 0.29) is 0 Å². The first-order chi connectivity index (χ1) is 6.74. The largest absolute Gasteiger partial charge is 0.265 e. The Labute approximate surface area is 83.9 Å². The molecule has 0 atom stereocenters. The molecule has 72 valence electrons. The number of allylic oxidation sites excluding steroid dienone is 1. The molecule has 0 fully saturated rings. The van der Waals surface area contributed by atoms with Gasteiger partial charge in [-0.05, 0) is 43.8 Å². The minimum atomic E-state index is 0.665. The van der Waals surface area contributed by atoms with Crippen molar-refractivity contribution in [3.05, 3.63) is 36.3 Å². The first kappa shape index (κ1) is 10.3. The van der Waals surface area contributed by atoms with Crippen molar-refractivity contribution < 1.29 is 0 Å². The molecule has 14 heavy (non-hydrogen) atoms. The first-order valence-corrected chi connectivity index (χ1v) is 4.32. The van der Waals surface area contributed by atoms with Crippen molar-refractivity contribution in [3.8, 4) is 0 Å². The molecule has 0 saturated carbocycles. The van der Waals surface area contributed by atoms with Crippen LogP contribution in [0, 0.1) is 0 Å². The standard InChI is InChI=1S/C11H13N3/c1-9(8-14-10(2)12-3)11-4-6-13-7-5-11/h4-8H,3H2,1-2H3/b9-8+,14-10-. The first-order valence-electron chi connectivity index (χ1n) is 4.32. The molecular formula is C11H13N3. The lowest BCUT2D eigenvalue weighted by Crippen LogP contribution is -1.83. The number of hydrogen-bond acceptors (Lipinski definition) is 2. The summed E-state index contributed by atoms with van der Waals surface area (Å²) in [5.74, 6) is 0.665. The predicted octanol–water partition coefficient (Wildman–Crippen LogP) is 2.56. The molecule has 0 aliphatic carbocycles. The van der Waals surface area contributed by atoms with Crippen LogP contribution in [0.25, 0.3) is 5.57 Å². The van der Waals surface area contributed by atoms with Crippen molar-refractivity contribution in [2.24, 2.45) is 9.98 Å². The highest BCUT2D eigenvalue weighted by atomic mass is 14.9. The van der Waals surface area contributed by atoms with Gasteiger partial charge in [0.05, 0.1) is 0 Å². The van der Waals surface area contributed by atoms with Crippen LogP contribution in [0.4, 0.5) is 0 Å². The highest BCUT2D eigenvalue weighted by molar-refractivity contribution is 5.84. The summed E-state index contributed by atoms with van der Waals surface area (Å²) in [6.07, 6.45) is 5.29. The van der Waals surface area contributed by atoms with E-state index in [1.54, 1.807) is 18.6 Å². The molecule has 3 heteroatoms. The Bertz CT molecular complexity index is 363. The van der Waals surface area contributed by atoms with Gasteiger partial charge in [-0.15, -0.1) is 0 Å². The van der Waals surface area contributed by atoms with Crippen molar-refractivity contribution in [1.29, 1.82) is 0 Å². The fourth-order valence-electron chi connectivity index (χ4n) is 0.920. The van der Waals surface area contributed by atoms with Crippen LogP contribution in [0.15, 0.2) is 40.7 Å². The van der Waals surface area contributed by atoms with E-state index in [9.17, 15) is 0 Å². The smallest absolute Gasteiger partial charge is 0.124 e. The van der Waals surface area contributed by atoms with E-state index < -0.39 is 0 Å². The zero-order chi connectivity index (χ0) is 10.4. The normalized spacial score (nSPS) is 12.7. The SMILES string of the molecule is C=N/C(C)=N\C=C(/C)c1ccncc1. The zero-order valence-corrected chi connectivity index (χ0v) is 8.44. The van der Waals surface area contributed by atoms with E-state index in [1.807, 2.05) is 26.0 Å². The van der Waals surface area contributed by atoms with Gasteiger partial charge in [0, 0.05) is 18.6 Å². The number of pyridine rings is 1. The molecule has 1 aromatic heterocycles. The minimum Gasteiger partial charge on any atom is -0.265 e. The lowest BCUT2D eigenvalue weighted by molar-refractivity contribution is 1.31. The van der Waals surface area contributed by atoms with Gasteiger partial charge >= 0.3 is 0 Å². The summed E-state index contributed by atoms with van der Waals surface area (Å²) in [6, 6.07) is 3.88. The Balaban J connectivity index is 2.86. The second-order valence-electron chi connectivity index (χ2n) is 2.88. The van der Waals surface area contributed by atoms with Crippen LogP contribution in [0.5, 0.6) is 0 Å². The maximum Gasteiger partial charge on any atom is 0.124 e. The average Bonchev–Trinajstić information content (AvgIpc) is 2.26. The van der Waals surface area contributed by atoms with Crippen LogP contribution in [-0.2, 0) is 0 Å². The molecule has 0 spiro atoms. The van der Waals surface area contributed by atoms with E-state index in [0.29, 0.717) is 5.84 Å². The summed E-state index contributed by atoms with van der Waals surface area (Å²) >= 11 is 0. The minimum absolute atomic E-state index is 0.665. The number of rotatable bonds is 2. The molecule has 3 nitrogen and oxygen atoms in total. The van der Waals surface area contributed by atoms with Crippen LogP contribution < -0.4 is 0 Å². The Hall–Kier alpha value is -1.77. The van der Waals surface area contributed by atoms with Gasteiger partial charge in [0.15, 0.2) is 0 Å². The Morgan fingerprint density at radius 3 is 2.57 bits per heavy atom. The molecule has 0 bridgehead atoms. The molecule has 1 aromatic rings. The highest BCUT2D eigenvalue weighted by Gasteiger charge is 1.92. The fourth-order valence-corrected chi connectivity index (χ4v) is 0.920. The Morgan fingerprint density at radius 1 is 1.36 bits per heavy atom. The van der Waals surface area contributed by atoms with E-state index in [1.165, 1.54) is 0 Å². The topological polar surface area (TPSA) is 37.6 Å². The number of nitrogens with zero attached hydrogens (tertiary/aromatic N) is 3. The van der Waals surface area contributed by atoms with E-state index in [0.717, 1.165) is 11.1 Å². The maximum absolute atomic E-state index is 4.12. The third kappa shape index (κ3) is 2.94. The average molecular weight is 187 g/mol. The van der Waals surface area contributed by atoms with Crippen LogP contribution in [0.2, 0.25) is 0 Å². The third-order valence-electron chi connectivity index (χ3n) is 1.81. The summed E-state index contributed by atoms with van der Waals surface area (Å²) in [6.45, 7) is 7.20. The number of aromatic nitrogens is 1. The quantitative estimate of drug-likeness (QED) is 0.518. The summed E-state index contributed by atoms with van der Waals surface area (Å²) in [4.78, 5) is 11.8. The molecule has 0 amide bonds. The second-order valence-corrected chi connectivity index (χ2v) is 2.88. The van der Waals surface area contributed by atoms with Crippen molar-refractivity contribution in [2.75, 3.05) is 0 Å². The van der Waals surface area contributed by atoms with Gasteiger partial charge in [-0.25, -0.2) is 9.98 Å². The molecular weight excluding hydrogens is 174 g/mol. The predicted molar refractivity (Wildman–Crippen MR) is 60.5 cm³/mol. The summed E-state index contributed by atoms with van der Waals surface area (Å²) in [5.41, 5.74) is 2.19. The van der Waals surface area contributed by atoms with Gasteiger partial charge < -0.3 is 0 Å². The summed E-state index contributed by atoms with van der Waals surface area (Å²) in [7, 11) is 0. The van der Waals surface area contributed by atoms with Crippen LogP contribution >= 0.6 is 0 Å². The molecule has 0 saturated heterocycles. The molecule has 0 radical (unpaired) electrons. The molecule has 0 aliphatic heterocycles. The molecule has 0 N–H and O–H groups in total. The third-order valence-corrected chi connectivity index (χ3v) is 1.81. The molecule has 1 heterocycles. The van der Waals surface area contributed by atoms with Gasteiger partial charge in [-0.1, -0.05) is 0 Å². The summed E-state index contributed by atoms with van der Waals surface area (Å²) < 4.78 is 0. The number of aliphatic imine (C=N–C) groups is 2. The maximum atomic E-state index is 4.12. The molecule has 0 unspecified atom stereocenters. The second kappa shape index (κ2) is 5.07. The van der Waals surface area contributed by atoms with Crippen LogP contribution in [0.1, 0.15) is 19.4 Å². The van der Waals surface area contributed by atoms with E-state index >= 15 is 0 Å². The molecule has 0 aromatic carbocycles. The van der Waals surface area contributed by atoms with Crippen molar-refractivity contribution in [3.63, 3.8) is 0 Å². The van der Waals surface area contributed by atoms with Crippen LogP contribution in [0.3, 0.4) is 0 Å². The Kier molecular flexibility index (Phi) is 3.73. The Morgan fingerprint density at radius 2 is 2.00 bits per heavy atom. The molecule has 1 rings (SSSR count). The zero-order valence-electron chi connectivity index (χ0n) is 8.44. The van der Waals surface area contributed by atoms with Gasteiger partial charge in [0.25, 0.3) is 0 Å². The highest BCUT2D eigenvalue weighted by Crippen LogP contribution is 2.11. The lowest BCUT2D eigenvalue weighted by atomic mass is 10.1. The molecule has 0 aliphatic rings. The van der Waals surface area contributed by atoms with E-state index in [4.69, 9.17) is 0 Å². The monoisotopic (exact) mass is 187 g/mol. The van der Waals surface area contributed by atoms with Crippen molar-refractivity contribution in [1.82, 2.24) is 4.98 Å². The lowest BCUT2D eigenvalue weighted by Gasteiger charge is -1.97. The number of hydrogen-bond donors (Lipinski definition) is 0.